The Morgan fingerprint density at radius 1 is 1.00 bits per heavy atom. The second-order valence-electron chi connectivity index (χ2n) is 5.09. The molecule has 0 aliphatic rings. The first-order valence-electron chi connectivity index (χ1n) is 7.02. The molecular formula is C14H29ClN2O2. The molecule has 0 amide bonds. The summed E-state index contributed by atoms with van der Waals surface area (Å²) in [6.07, 6.45) is 11.2. The molecule has 114 valence electrons. The van der Waals surface area contributed by atoms with Crippen molar-refractivity contribution < 1.29 is 10.0 Å². The van der Waals surface area contributed by atoms with Gasteiger partial charge >= 0.3 is 0 Å². The van der Waals surface area contributed by atoms with Crippen molar-refractivity contribution in [2.75, 3.05) is 20.6 Å². The van der Waals surface area contributed by atoms with Crippen molar-refractivity contribution in [1.82, 2.24) is 4.90 Å². The van der Waals surface area contributed by atoms with Crippen LogP contribution in [0.5, 0.6) is 0 Å². The third-order valence-corrected chi connectivity index (χ3v) is 2.98. The number of oxime groups is 1. The van der Waals surface area contributed by atoms with Crippen LogP contribution in [0.15, 0.2) is 5.16 Å². The molecule has 0 rings (SSSR count). The first kappa shape index (κ1) is 20.7. The predicted octanol–water partition coefficient (Wildman–Crippen LogP) is 3.51. The minimum Gasteiger partial charge on any atom is -0.411 e. The summed E-state index contributed by atoms with van der Waals surface area (Å²) in [4.78, 5) is 13.2. The first-order valence-corrected chi connectivity index (χ1v) is 7.02. The number of rotatable bonds is 12. The number of carbonyl (C=O) groups excluding carboxylic acids is 1. The second kappa shape index (κ2) is 15.4. The van der Waals surface area contributed by atoms with Crippen LogP contribution in [-0.2, 0) is 4.79 Å². The molecule has 0 aliphatic heterocycles. The lowest BCUT2D eigenvalue weighted by Gasteiger charge is -2.08. The molecule has 0 aliphatic carbocycles. The molecule has 5 heteroatoms. The van der Waals surface area contributed by atoms with E-state index in [9.17, 15) is 4.79 Å². The maximum Gasteiger partial charge on any atom is 0.177 e. The lowest BCUT2D eigenvalue weighted by molar-refractivity contribution is -0.112. The fraction of sp³-hybridized carbons (Fsp3) is 0.857. The molecule has 4 nitrogen and oxygen atoms in total. The Morgan fingerprint density at radius 2 is 1.47 bits per heavy atom. The van der Waals surface area contributed by atoms with E-state index in [-0.39, 0.29) is 18.2 Å². The van der Waals surface area contributed by atoms with Crippen molar-refractivity contribution >= 4 is 24.4 Å². The van der Waals surface area contributed by atoms with Gasteiger partial charge in [-0.05, 0) is 33.5 Å². The number of unbranched alkanes of at least 4 members (excludes halogenated alkanes) is 7. The SMILES string of the molecule is CN(C)CCCCCCCCCCC(=O)/C=N/O.Cl. The molecule has 0 aromatic rings. The number of ketones is 1. The van der Waals surface area contributed by atoms with Crippen LogP contribution < -0.4 is 0 Å². The highest BCUT2D eigenvalue weighted by Gasteiger charge is 1.98. The van der Waals surface area contributed by atoms with Gasteiger partial charge in [-0.3, -0.25) is 4.79 Å². The van der Waals surface area contributed by atoms with Crippen molar-refractivity contribution in [3.63, 3.8) is 0 Å². The highest BCUT2D eigenvalue weighted by Crippen LogP contribution is 2.09. The van der Waals surface area contributed by atoms with Crippen molar-refractivity contribution in [3.8, 4) is 0 Å². The van der Waals surface area contributed by atoms with E-state index in [0.717, 1.165) is 19.1 Å². The fourth-order valence-electron chi connectivity index (χ4n) is 1.92. The van der Waals surface area contributed by atoms with E-state index < -0.39 is 0 Å². The van der Waals surface area contributed by atoms with Gasteiger partial charge in [0.25, 0.3) is 0 Å². The Kier molecular flexibility index (Phi) is 16.8. The molecule has 0 unspecified atom stereocenters. The van der Waals surface area contributed by atoms with Gasteiger partial charge in [-0.15, -0.1) is 12.4 Å². The van der Waals surface area contributed by atoms with Gasteiger partial charge in [0, 0.05) is 6.42 Å². The highest BCUT2D eigenvalue weighted by atomic mass is 35.5. The van der Waals surface area contributed by atoms with Crippen molar-refractivity contribution in [2.45, 2.75) is 57.8 Å². The van der Waals surface area contributed by atoms with Gasteiger partial charge in [-0.1, -0.05) is 43.7 Å². The summed E-state index contributed by atoms with van der Waals surface area (Å²) < 4.78 is 0. The van der Waals surface area contributed by atoms with Crippen LogP contribution in [0.4, 0.5) is 0 Å². The molecule has 0 fully saturated rings. The molecule has 19 heavy (non-hydrogen) atoms. The Morgan fingerprint density at radius 3 is 1.95 bits per heavy atom. The summed E-state index contributed by atoms with van der Waals surface area (Å²) in [7, 11) is 4.23. The summed E-state index contributed by atoms with van der Waals surface area (Å²) in [5.41, 5.74) is 0. The van der Waals surface area contributed by atoms with Gasteiger partial charge in [0.1, 0.15) is 6.21 Å². The minimum absolute atomic E-state index is 0. The predicted molar refractivity (Wildman–Crippen MR) is 82.6 cm³/mol. The number of hydrogen-bond donors (Lipinski definition) is 1. The molecule has 0 atom stereocenters. The van der Waals surface area contributed by atoms with E-state index in [4.69, 9.17) is 5.21 Å². The van der Waals surface area contributed by atoms with Crippen molar-refractivity contribution in [2.24, 2.45) is 5.16 Å². The molecular weight excluding hydrogens is 264 g/mol. The monoisotopic (exact) mass is 292 g/mol. The Balaban J connectivity index is 0. The van der Waals surface area contributed by atoms with Gasteiger partial charge in [0.15, 0.2) is 5.78 Å². The van der Waals surface area contributed by atoms with Gasteiger partial charge in [-0.25, -0.2) is 0 Å². The summed E-state index contributed by atoms with van der Waals surface area (Å²) in [6, 6.07) is 0. The Labute approximate surface area is 123 Å². The van der Waals surface area contributed by atoms with Crippen LogP contribution >= 0.6 is 12.4 Å². The first-order chi connectivity index (χ1) is 8.66. The van der Waals surface area contributed by atoms with E-state index in [2.05, 4.69) is 24.2 Å². The fourth-order valence-corrected chi connectivity index (χ4v) is 1.92. The standard InChI is InChI=1S/C14H28N2O2.ClH/c1-16(2)12-10-8-6-4-3-5-7-9-11-14(17)13-15-18;/h13,18H,3-12H2,1-2H3;1H/b15-13+;. The third-order valence-electron chi connectivity index (χ3n) is 2.98. The number of hydrogen-bond acceptors (Lipinski definition) is 4. The molecule has 0 heterocycles. The number of carbonyl (C=O) groups is 1. The quantitative estimate of drug-likeness (QED) is 0.259. The van der Waals surface area contributed by atoms with Crippen LogP contribution in [0.1, 0.15) is 57.8 Å². The van der Waals surface area contributed by atoms with Crippen molar-refractivity contribution in [1.29, 1.82) is 0 Å². The van der Waals surface area contributed by atoms with Gasteiger partial charge in [0.2, 0.25) is 0 Å². The molecule has 0 radical (unpaired) electrons. The van der Waals surface area contributed by atoms with E-state index >= 15 is 0 Å². The van der Waals surface area contributed by atoms with E-state index in [1.807, 2.05) is 0 Å². The van der Waals surface area contributed by atoms with Gasteiger partial charge < -0.3 is 10.1 Å². The largest absolute Gasteiger partial charge is 0.411 e. The maximum atomic E-state index is 11.0. The summed E-state index contributed by atoms with van der Waals surface area (Å²) in [6.45, 7) is 1.19. The average Bonchev–Trinajstić information content (AvgIpc) is 2.31. The van der Waals surface area contributed by atoms with E-state index in [1.165, 1.54) is 45.1 Å². The Hall–Kier alpha value is -0.610. The van der Waals surface area contributed by atoms with Crippen LogP contribution in [0, 0.1) is 0 Å². The zero-order valence-electron chi connectivity index (χ0n) is 12.3. The van der Waals surface area contributed by atoms with E-state index in [0.29, 0.717) is 6.42 Å². The van der Waals surface area contributed by atoms with Crippen LogP contribution in [0.2, 0.25) is 0 Å². The number of halogens is 1. The summed E-state index contributed by atoms with van der Waals surface area (Å²) >= 11 is 0. The molecule has 0 aromatic heterocycles. The van der Waals surface area contributed by atoms with Crippen LogP contribution in [0.3, 0.4) is 0 Å². The topological polar surface area (TPSA) is 52.9 Å². The number of Topliss-reactive ketones (excluding diaryl/α,β-unsaturated/α-hetero) is 1. The van der Waals surface area contributed by atoms with E-state index in [1.54, 1.807) is 0 Å². The molecule has 0 saturated heterocycles. The lowest BCUT2D eigenvalue weighted by Crippen LogP contribution is -2.12. The van der Waals surface area contributed by atoms with Crippen LogP contribution in [0.25, 0.3) is 0 Å². The zero-order valence-corrected chi connectivity index (χ0v) is 13.1. The lowest BCUT2D eigenvalue weighted by atomic mass is 10.1. The average molecular weight is 293 g/mol. The maximum absolute atomic E-state index is 11.0. The second-order valence-corrected chi connectivity index (χ2v) is 5.09. The van der Waals surface area contributed by atoms with Gasteiger partial charge in [-0.2, -0.15) is 0 Å². The summed E-state index contributed by atoms with van der Waals surface area (Å²) in [5, 5.41) is 10.9. The molecule has 0 bridgehead atoms. The normalized spacial score (nSPS) is 10.9. The Bertz CT molecular complexity index is 233. The highest BCUT2D eigenvalue weighted by molar-refractivity contribution is 6.27. The minimum atomic E-state index is -0.0822. The summed E-state index contributed by atoms with van der Waals surface area (Å²) in [5.74, 6) is -0.0822. The van der Waals surface area contributed by atoms with Crippen molar-refractivity contribution in [3.05, 3.63) is 0 Å². The third kappa shape index (κ3) is 17.4. The van der Waals surface area contributed by atoms with Gasteiger partial charge in [0.05, 0.1) is 0 Å². The molecule has 0 aromatic carbocycles. The smallest absolute Gasteiger partial charge is 0.177 e. The molecule has 0 spiro atoms. The zero-order chi connectivity index (χ0) is 13.6. The number of nitrogens with zero attached hydrogens (tertiary/aromatic N) is 2. The molecule has 1 N–H and O–H groups in total. The van der Waals surface area contributed by atoms with Crippen LogP contribution in [-0.4, -0.2) is 42.7 Å². The molecule has 0 saturated carbocycles.